The Kier molecular flexibility index (Phi) is 5.81. The number of aliphatic imine (C=N–C) groups is 1. The lowest BCUT2D eigenvalue weighted by molar-refractivity contribution is -0.160. The van der Waals surface area contributed by atoms with Gasteiger partial charge in [0.15, 0.2) is 11.6 Å². The summed E-state index contributed by atoms with van der Waals surface area (Å²) in [4.78, 5) is 21.4. The molecule has 1 heterocycles. The van der Waals surface area contributed by atoms with Crippen molar-refractivity contribution < 1.29 is 9.90 Å². The van der Waals surface area contributed by atoms with Crippen molar-refractivity contribution >= 4 is 11.9 Å². The zero-order valence-electron chi connectivity index (χ0n) is 15.6. The second-order valence-corrected chi connectivity index (χ2v) is 7.23. The highest BCUT2D eigenvalue weighted by atomic mass is 16.3. The Balaban J connectivity index is 1.78. The summed E-state index contributed by atoms with van der Waals surface area (Å²) >= 11 is 0. The molecule has 1 aromatic rings. The van der Waals surface area contributed by atoms with Gasteiger partial charge in [0.05, 0.1) is 0 Å². The van der Waals surface area contributed by atoms with E-state index in [2.05, 4.69) is 4.99 Å². The van der Waals surface area contributed by atoms with Crippen LogP contribution in [0, 0.1) is 5.92 Å². The van der Waals surface area contributed by atoms with Crippen molar-refractivity contribution in [2.24, 2.45) is 16.6 Å². The number of hydrogen-bond acceptors (Lipinski definition) is 3. The fourth-order valence-electron chi connectivity index (χ4n) is 4.21. The van der Waals surface area contributed by atoms with Crippen LogP contribution in [-0.4, -0.2) is 59.5 Å². The third kappa shape index (κ3) is 3.56. The molecule has 6 heteroatoms. The van der Waals surface area contributed by atoms with E-state index in [1.54, 1.807) is 4.90 Å². The summed E-state index contributed by atoms with van der Waals surface area (Å²) in [5, 5.41) is 11.6. The van der Waals surface area contributed by atoms with E-state index in [9.17, 15) is 9.90 Å². The molecule has 3 rings (SSSR count). The summed E-state index contributed by atoms with van der Waals surface area (Å²) in [5.41, 5.74) is 5.27. The maximum absolute atomic E-state index is 13.4. The summed E-state index contributed by atoms with van der Waals surface area (Å²) in [5.74, 6) is 0.358. The van der Waals surface area contributed by atoms with Gasteiger partial charge in [0.25, 0.3) is 5.91 Å². The molecule has 1 atom stereocenters. The first-order chi connectivity index (χ1) is 12.6. The Labute approximate surface area is 155 Å². The van der Waals surface area contributed by atoms with E-state index in [1.807, 2.05) is 42.2 Å². The minimum atomic E-state index is -1.43. The van der Waals surface area contributed by atoms with Crippen molar-refractivity contribution in [2.75, 3.05) is 32.7 Å². The van der Waals surface area contributed by atoms with Crippen LogP contribution in [0.2, 0.25) is 0 Å². The van der Waals surface area contributed by atoms with E-state index < -0.39 is 5.60 Å². The summed E-state index contributed by atoms with van der Waals surface area (Å²) in [6.45, 7) is 5.02. The van der Waals surface area contributed by atoms with Crippen LogP contribution < -0.4 is 5.73 Å². The van der Waals surface area contributed by atoms with Crippen molar-refractivity contribution in [1.82, 2.24) is 9.80 Å². The molecule has 1 unspecified atom stereocenters. The van der Waals surface area contributed by atoms with Gasteiger partial charge in [-0.2, -0.15) is 0 Å². The van der Waals surface area contributed by atoms with Gasteiger partial charge in [0, 0.05) is 38.6 Å². The van der Waals surface area contributed by atoms with Crippen molar-refractivity contribution in [3.05, 3.63) is 35.9 Å². The van der Waals surface area contributed by atoms with Gasteiger partial charge in [-0.3, -0.25) is 9.79 Å². The molecule has 1 saturated carbocycles. The van der Waals surface area contributed by atoms with Gasteiger partial charge < -0.3 is 20.6 Å². The van der Waals surface area contributed by atoms with Crippen LogP contribution in [0.15, 0.2) is 35.3 Å². The van der Waals surface area contributed by atoms with Crippen LogP contribution >= 0.6 is 0 Å². The third-order valence-electron chi connectivity index (χ3n) is 5.70. The lowest BCUT2D eigenvalue weighted by Gasteiger charge is -2.41. The van der Waals surface area contributed by atoms with Gasteiger partial charge in [0.2, 0.25) is 0 Å². The lowest BCUT2D eigenvalue weighted by Crippen LogP contribution is -2.58. The predicted octanol–water partition coefficient (Wildman–Crippen LogP) is 1.54. The first-order valence-electron chi connectivity index (χ1n) is 9.69. The normalized spacial score (nSPS) is 21.7. The van der Waals surface area contributed by atoms with E-state index in [0.29, 0.717) is 44.2 Å². The van der Waals surface area contributed by atoms with E-state index in [0.717, 1.165) is 25.7 Å². The number of hydrogen-bond donors (Lipinski definition) is 2. The Bertz CT molecular complexity index is 634. The second-order valence-electron chi connectivity index (χ2n) is 7.23. The zero-order valence-corrected chi connectivity index (χ0v) is 15.6. The smallest absolute Gasteiger partial charge is 0.259 e. The van der Waals surface area contributed by atoms with Crippen molar-refractivity contribution in [2.45, 2.75) is 38.2 Å². The number of rotatable bonds is 4. The SMILES string of the molecule is CCN=C(N)N1CCN(C(=O)C(O)(c2ccccc2)C2CCCC2)CC1. The number of guanidine groups is 1. The molecule has 0 spiro atoms. The van der Waals surface area contributed by atoms with Crippen molar-refractivity contribution in [1.29, 1.82) is 0 Å². The van der Waals surface area contributed by atoms with Crippen LogP contribution in [0.25, 0.3) is 0 Å². The number of carbonyl (C=O) groups excluding carboxylic acids is 1. The largest absolute Gasteiger partial charge is 0.375 e. The fraction of sp³-hybridized carbons (Fsp3) is 0.600. The average molecular weight is 358 g/mol. The number of nitrogens with zero attached hydrogens (tertiary/aromatic N) is 3. The highest BCUT2D eigenvalue weighted by molar-refractivity contribution is 5.87. The maximum Gasteiger partial charge on any atom is 0.259 e. The zero-order chi connectivity index (χ0) is 18.6. The molecular weight excluding hydrogens is 328 g/mol. The summed E-state index contributed by atoms with van der Waals surface area (Å²) < 4.78 is 0. The Morgan fingerprint density at radius 3 is 2.31 bits per heavy atom. The third-order valence-corrected chi connectivity index (χ3v) is 5.70. The summed E-state index contributed by atoms with van der Waals surface area (Å²) in [6.07, 6.45) is 3.94. The molecule has 0 radical (unpaired) electrons. The minimum Gasteiger partial charge on any atom is -0.375 e. The molecule has 26 heavy (non-hydrogen) atoms. The highest BCUT2D eigenvalue weighted by Crippen LogP contribution is 2.42. The lowest BCUT2D eigenvalue weighted by atomic mass is 9.79. The molecule has 1 amide bonds. The average Bonchev–Trinajstić information content (AvgIpc) is 3.23. The molecule has 142 valence electrons. The number of piperazine rings is 1. The Morgan fingerprint density at radius 2 is 1.73 bits per heavy atom. The fourth-order valence-corrected chi connectivity index (χ4v) is 4.21. The van der Waals surface area contributed by atoms with E-state index in [4.69, 9.17) is 5.73 Å². The number of carbonyl (C=O) groups is 1. The van der Waals surface area contributed by atoms with Crippen LogP contribution in [0.4, 0.5) is 0 Å². The van der Waals surface area contributed by atoms with Gasteiger partial charge >= 0.3 is 0 Å². The monoisotopic (exact) mass is 358 g/mol. The molecular formula is C20H30N4O2. The number of amides is 1. The standard InChI is InChI=1S/C20H30N4O2/c1-2-22-19(21)24-14-12-23(13-15-24)18(25)20(26,17-10-6-7-11-17)16-8-4-3-5-9-16/h3-5,8-9,17,26H,2,6-7,10-15H2,1H3,(H2,21,22). The highest BCUT2D eigenvalue weighted by Gasteiger charge is 2.48. The van der Waals surface area contributed by atoms with Crippen LogP contribution in [0.1, 0.15) is 38.2 Å². The molecule has 0 bridgehead atoms. The molecule has 3 N–H and O–H groups in total. The summed E-state index contributed by atoms with van der Waals surface area (Å²) in [6, 6.07) is 9.44. The Hall–Kier alpha value is -2.08. The second kappa shape index (κ2) is 8.08. The molecule has 6 nitrogen and oxygen atoms in total. The number of benzene rings is 1. The van der Waals surface area contributed by atoms with Gasteiger partial charge in [-0.15, -0.1) is 0 Å². The van der Waals surface area contributed by atoms with Crippen molar-refractivity contribution in [3.8, 4) is 0 Å². The van der Waals surface area contributed by atoms with E-state index in [-0.39, 0.29) is 11.8 Å². The molecule has 1 aliphatic heterocycles. The minimum absolute atomic E-state index is 0.0119. The number of aliphatic hydroxyl groups is 1. The van der Waals surface area contributed by atoms with Gasteiger partial charge in [-0.25, -0.2) is 0 Å². The van der Waals surface area contributed by atoms with E-state index in [1.165, 1.54) is 0 Å². The van der Waals surface area contributed by atoms with Gasteiger partial charge in [0.1, 0.15) is 0 Å². The first-order valence-corrected chi connectivity index (χ1v) is 9.69. The maximum atomic E-state index is 13.4. The summed E-state index contributed by atoms with van der Waals surface area (Å²) in [7, 11) is 0. The van der Waals surface area contributed by atoms with Gasteiger partial charge in [-0.1, -0.05) is 43.2 Å². The van der Waals surface area contributed by atoms with Crippen molar-refractivity contribution in [3.63, 3.8) is 0 Å². The van der Waals surface area contributed by atoms with E-state index >= 15 is 0 Å². The topological polar surface area (TPSA) is 82.2 Å². The predicted molar refractivity (Wildman–Crippen MR) is 103 cm³/mol. The van der Waals surface area contributed by atoms with Crippen LogP contribution in [0.3, 0.4) is 0 Å². The molecule has 0 aromatic heterocycles. The molecule has 1 saturated heterocycles. The first kappa shape index (κ1) is 18.7. The molecule has 1 aromatic carbocycles. The van der Waals surface area contributed by atoms with Crippen LogP contribution in [0.5, 0.6) is 0 Å². The Morgan fingerprint density at radius 1 is 1.15 bits per heavy atom. The quantitative estimate of drug-likeness (QED) is 0.632. The van der Waals surface area contributed by atoms with Gasteiger partial charge in [-0.05, 0) is 25.3 Å². The molecule has 1 aliphatic carbocycles. The molecule has 2 fully saturated rings. The number of nitrogens with two attached hydrogens (primary N) is 1. The van der Waals surface area contributed by atoms with Crippen LogP contribution in [-0.2, 0) is 10.4 Å². The molecule has 2 aliphatic rings.